The van der Waals surface area contributed by atoms with Crippen LogP contribution < -0.4 is 0 Å². The van der Waals surface area contributed by atoms with Crippen molar-refractivity contribution in [2.75, 3.05) is 13.1 Å². The van der Waals surface area contributed by atoms with Crippen molar-refractivity contribution in [1.82, 2.24) is 4.90 Å². The zero-order chi connectivity index (χ0) is 14.8. The highest BCUT2D eigenvalue weighted by Gasteiger charge is 2.45. The van der Waals surface area contributed by atoms with Crippen molar-refractivity contribution in [2.45, 2.75) is 36.2 Å². The lowest BCUT2D eigenvalue weighted by molar-refractivity contribution is -0.157. The van der Waals surface area contributed by atoms with Gasteiger partial charge in [-0.05, 0) is 37.7 Å². The van der Waals surface area contributed by atoms with Crippen LogP contribution in [0.5, 0.6) is 0 Å². The first-order valence-corrected chi connectivity index (χ1v) is 7.27. The fraction of sp³-hybridized carbons (Fsp3) is 0.500. The summed E-state index contributed by atoms with van der Waals surface area (Å²) >= 11 is 0.285. The van der Waals surface area contributed by atoms with Crippen LogP contribution in [0.4, 0.5) is 8.78 Å². The highest BCUT2D eigenvalue weighted by molar-refractivity contribution is 8.01. The van der Waals surface area contributed by atoms with Gasteiger partial charge in [-0.2, -0.15) is 8.78 Å². The molecule has 1 saturated heterocycles. The van der Waals surface area contributed by atoms with Crippen LogP contribution in [0.1, 0.15) is 13.8 Å². The van der Waals surface area contributed by atoms with Crippen molar-refractivity contribution in [3.05, 3.63) is 30.3 Å². The second kappa shape index (κ2) is 6.10. The molecule has 3 nitrogen and oxygen atoms in total. The van der Waals surface area contributed by atoms with Crippen molar-refractivity contribution in [3.8, 4) is 0 Å². The van der Waals surface area contributed by atoms with Gasteiger partial charge in [0.1, 0.15) is 0 Å². The van der Waals surface area contributed by atoms with Gasteiger partial charge in [0.25, 0.3) is 0 Å². The fourth-order valence-electron chi connectivity index (χ4n) is 2.21. The topological polar surface area (TPSA) is 29.5 Å². The van der Waals surface area contributed by atoms with E-state index < -0.39 is 11.2 Å². The summed E-state index contributed by atoms with van der Waals surface area (Å²) in [5, 5.41) is -3.46. The Morgan fingerprint density at radius 1 is 1.25 bits per heavy atom. The van der Waals surface area contributed by atoms with E-state index >= 15 is 0 Å². The smallest absolute Gasteiger partial charge is 0.372 e. The van der Waals surface area contributed by atoms with Crippen molar-refractivity contribution in [2.24, 2.45) is 0 Å². The normalized spacial score (nSPS) is 23.7. The van der Waals surface area contributed by atoms with E-state index in [9.17, 15) is 13.6 Å². The number of benzene rings is 1. The maximum Gasteiger partial charge on any atom is 0.375 e. The Morgan fingerprint density at radius 3 is 2.35 bits per heavy atom. The van der Waals surface area contributed by atoms with Crippen LogP contribution in [0, 0.1) is 0 Å². The molecule has 1 aromatic carbocycles. The number of carbonyl (C=O) groups is 1. The second-order valence-corrected chi connectivity index (χ2v) is 6.09. The van der Waals surface area contributed by atoms with Gasteiger partial charge in [0.15, 0.2) is 0 Å². The lowest BCUT2D eigenvalue weighted by Gasteiger charge is -2.36. The molecule has 0 N–H and O–H groups in total. The minimum Gasteiger partial charge on any atom is -0.372 e. The second-order valence-electron chi connectivity index (χ2n) is 4.90. The van der Waals surface area contributed by atoms with Crippen LogP contribution in [0.2, 0.25) is 0 Å². The molecule has 2 atom stereocenters. The van der Waals surface area contributed by atoms with E-state index in [1.54, 1.807) is 44.2 Å². The summed E-state index contributed by atoms with van der Waals surface area (Å²) in [6, 6.07) is 8.21. The quantitative estimate of drug-likeness (QED) is 0.804. The van der Waals surface area contributed by atoms with Gasteiger partial charge in [0.2, 0.25) is 0 Å². The Morgan fingerprint density at radius 2 is 1.80 bits per heavy atom. The summed E-state index contributed by atoms with van der Waals surface area (Å²) in [5.41, 5.74) is 0. The maximum atomic E-state index is 14.1. The van der Waals surface area contributed by atoms with Gasteiger partial charge in [0.05, 0.1) is 12.2 Å². The number of hydrogen-bond acceptors (Lipinski definition) is 3. The van der Waals surface area contributed by atoms with Crippen LogP contribution in [0.15, 0.2) is 35.2 Å². The lowest BCUT2D eigenvalue weighted by atomic mass is 10.2. The largest absolute Gasteiger partial charge is 0.375 e. The molecule has 0 aliphatic carbocycles. The SMILES string of the molecule is C[C@H]1CN(C(=O)C(F)(F)Sc2ccccc2)C[C@H](C)O1. The summed E-state index contributed by atoms with van der Waals surface area (Å²) in [4.78, 5) is 13.6. The molecule has 1 heterocycles. The minimum atomic E-state index is -3.46. The number of thioether (sulfide) groups is 1. The molecule has 2 rings (SSSR count). The first-order chi connectivity index (χ1) is 9.38. The van der Waals surface area contributed by atoms with Gasteiger partial charge in [-0.15, -0.1) is 0 Å². The molecule has 0 saturated carbocycles. The fourth-order valence-corrected chi connectivity index (χ4v) is 3.01. The Bertz CT molecular complexity index is 460. The molecule has 1 fully saturated rings. The summed E-state index contributed by atoms with van der Waals surface area (Å²) in [6.45, 7) is 3.96. The van der Waals surface area contributed by atoms with Crippen molar-refractivity contribution in [1.29, 1.82) is 0 Å². The third kappa shape index (κ3) is 3.70. The van der Waals surface area contributed by atoms with Crippen LogP contribution in [-0.4, -0.2) is 41.4 Å². The number of amides is 1. The van der Waals surface area contributed by atoms with Gasteiger partial charge in [0, 0.05) is 18.0 Å². The molecule has 1 aliphatic heterocycles. The highest BCUT2D eigenvalue weighted by atomic mass is 32.2. The van der Waals surface area contributed by atoms with Gasteiger partial charge >= 0.3 is 11.2 Å². The van der Waals surface area contributed by atoms with E-state index in [1.807, 2.05) is 0 Å². The van der Waals surface area contributed by atoms with E-state index in [2.05, 4.69) is 0 Å². The Kier molecular flexibility index (Phi) is 4.65. The van der Waals surface area contributed by atoms with E-state index in [0.717, 1.165) is 0 Å². The monoisotopic (exact) mass is 301 g/mol. The van der Waals surface area contributed by atoms with Gasteiger partial charge in [-0.25, -0.2) is 0 Å². The number of carbonyl (C=O) groups excluding carboxylic acids is 1. The van der Waals surface area contributed by atoms with E-state index in [4.69, 9.17) is 4.74 Å². The number of halogens is 2. The Labute approximate surface area is 121 Å². The van der Waals surface area contributed by atoms with Crippen LogP contribution in [0.3, 0.4) is 0 Å². The van der Waals surface area contributed by atoms with Gasteiger partial charge in [-0.3, -0.25) is 4.79 Å². The molecule has 6 heteroatoms. The van der Waals surface area contributed by atoms with E-state index in [-0.39, 0.29) is 37.1 Å². The van der Waals surface area contributed by atoms with Gasteiger partial charge in [-0.1, -0.05) is 18.2 Å². The van der Waals surface area contributed by atoms with E-state index in [0.29, 0.717) is 4.90 Å². The van der Waals surface area contributed by atoms with E-state index in [1.165, 1.54) is 4.90 Å². The Hall–Kier alpha value is -1.14. The number of alkyl halides is 2. The first-order valence-electron chi connectivity index (χ1n) is 6.45. The zero-order valence-electron chi connectivity index (χ0n) is 11.4. The van der Waals surface area contributed by atoms with Gasteiger partial charge < -0.3 is 9.64 Å². The van der Waals surface area contributed by atoms with Crippen LogP contribution in [0.25, 0.3) is 0 Å². The third-order valence-corrected chi connectivity index (χ3v) is 3.88. The number of rotatable bonds is 3. The van der Waals surface area contributed by atoms with Crippen LogP contribution >= 0.6 is 11.8 Å². The highest BCUT2D eigenvalue weighted by Crippen LogP contribution is 2.37. The average Bonchev–Trinajstić information content (AvgIpc) is 2.37. The van der Waals surface area contributed by atoms with Crippen molar-refractivity contribution >= 4 is 17.7 Å². The third-order valence-electron chi connectivity index (χ3n) is 2.95. The summed E-state index contributed by atoms with van der Waals surface area (Å²) < 4.78 is 33.6. The molecule has 1 aromatic rings. The van der Waals surface area contributed by atoms with Crippen LogP contribution in [-0.2, 0) is 9.53 Å². The molecule has 20 heavy (non-hydrogen) atoms. The number of hydrogen-bond donors (Lipinski definition) is 0. The summed E-state index contributed by atoms with van der Waals surface area (Å²) in [5.74, 6) is -1.15. The molecule has 0 aromatic heterocycles. The Balaban J connectivity index is 2.06. The summed E-state index contributed by atoms with van der Waals surface area (Å²) in [6.07, 6.45) is -0.444. The lowest BCUT2D eigenvalue weighted by Crippen LogP contribution is -2.52. The number of nitrogens with zero attached hydrogens (tertiary/aromatic N) is 1. The first kappa shape index (κ1) is 15.3. The van der Waals surface area contributed by atoms with Crippen molar-refractivity contribution < 1.29 is 18.3 Å². The molecular weight excluding hydrogens is 284 g/mol. The standard InChI is InChI=1S/C14H17F2NO2S/c1-10-8-17(9-11(2)19-10)13(18)14(15,16)20-12-6-4-3-5-7-12/h3-7,10-11H,8-9H2,1-2H3/t10-,11-/m0/s1. The molecule has 1 amide bonds. The molecule has 0 spiro atoms. The molecule has 0 radical (unpaired) electrons. The number of morpholine rings is 1. The molecule has 1 aliphatic rings. The predicted molar refractivity (Wildman–Crippen MR) is 73.8 cm³/mol. The number of ether oxygens (including phenoxy) is 1. The zero-order valence-corrected chi connectivity index (χ0v) is 12.2. The minimum absolute atomic E-state index is 0.202. The summed E-state index contributed by atoms with van der Waals surface area (Å²) in [7, 11) is 0. The molecule has 110 valence electrons. The maximum absolute atomic E-state index is 14.1. The predicted octanol–water partition coefficient (Wildman–Crippen LogP) is 3.01. The molecule has 0 unspecified atom stereocenters. The average molecular weight is 301 g/mol. The molecular formula is C14H17F2NO2S. The van der Waals surface area contributed by atoms with Crippen molar-refractivity contribution in [3.63, 3.8) is 0 Å². The molecule has 0 bridgehead atoms.